The number of hydrogen-bond donors (Lipinski definition) is 1. The quantitative estimate of drug-likeness (QED) is 0.383. The molecule has 4 rings (SSSR count). The minimum atomic E-state index is -0.718. The number of carbonyl (C=O) groups is 1. The summed E-state index contributed by atoms with van der Waals surface area (Å²) in [6.45, 7) is 0. The number of nitrogens with zero attached hydrogens (tertiary/aromatic N) is 2. The Balaban J connectivity index is 1.58. The molecule has 0 saturated carbocycles. The molecule has 0 aliphatic heterocycles. The van der Waals surface area contributed by atoms with E-state index in [4.69, 9.17) is 22.1 Å². The van der Waals surface area contributed by atoms with E-state index in [9.17, 15) is 18.4 Å². The minimum absolute atomic E-state index is 0.0474. The summed E-state index contributed by atoms with van der Waals surface area (Å²) >= 11 is 6.03. The summed E-state index contributed by atoms with van der Waals surface area (Å²) in [7, 11) is 1.67. The molecule has 0 spiro atoms. The SMILES string of the molecule is Cn1cc(C(=O)Cc2ccc(Oc3ccnc(N)c3Cl)c(F)c2)c(=O)c(-c2ccc(F)cc2)c1. The fraction of sp³-hybridized carbons (Fsp3) is 0.0800. The predicted octanol–water partition coefficient (Wildman–Crippen LogP) is 5.18. The van der Waals surface area contributed by atoms with E-state index < -0.39 is 22.8 Å². The number of anilines is 1. The Labute approximate surface area is 198 Å². The van der Waals surface area contributed by atoms with Crippen LogP contribution >= 0.6 is 11.6 Å². The summed E-state index contributed by atoms with van der Waals surface area (Å²) in [4.78, 5) is 29.7. The summed E-state index contributed by atoms with van der Waals surface area (Å²) < 4.78 is 35.0. The molecule has 172 valence electrons. The third-order valence-corrected chi connectivity index (χ3v) is 5.45. The van der Waals surface area contributed by atoms with Crippen LogP contribution in [0.4, 0.5) is 14.6 Å². The van der Waals surface area contributed by atoms with E-state index in [1.54, 1.807) is 17.8 Å². The van der Waals surface area contributed by atoms with E-state index in [-0.39, 0.29) is 39.9 Å². The Morgan fingerprint density at radius 2 is 1.82 bits per heavy atom. The lowest BCUT2D eigenvalue weighted by Gasteiger charge is -2.11. The Kier molecular flexibility index (Phi) is 6.43. The average Bonchev–Trinajstić information content (AvgIpc) is 2.80. The summed E-state index contributed by atoms with van der Waals surface area (Å²) in [6.07, 6.45) is 4.15. The zero-order valence-electron chi connectivity index (χ0n) is 17.9. The van der Waals surface area contributed by atoms with Gasteiger partial charge in [-0.15, -0.1) is 0 Å². The molecule has 0 radical (unpaired) electrons. The molecule has 2 N–H and O–H groups in total. The number of Topliss-reactive ketones (excluding diaryl/α,β-unsaturated/α-hetero) is 1. The van der Waals surface area contributed by atoms with Crippen molar-refractivity contribution in [2.24, 2.45) is 7.05 Å². The molecule has 0 unspecified atom stereocenters. The van der Waals surface area contributed by atoms with Crippen LogP contribution in [0.1, 0.15) is 15.9 Å². The molecular formula is C25H18ClF2N3O3. The number of ether oxygens (including phenoxy) is 1. The summed E-state index contributed by atoms with van der Waals surface area (Å²) in [5.74, 6) is -1.56. The third kappa shape index (κ3) is 4.82. The molecule has 2 heterocycles. The second-order valence-electron chi connectivity index (χ2n) is 7.56. The van der Waals surface area contributed by atoms with Crippen LogP contribution in [0.2, 0.25) is 5.02 Å². The number of nitrogens with two attached hydrogens (primary N) is 1. The van der Waals surface area contributed by atoms with E-state index in [2.05, 4.69) is 4.98 Å². The monoisotopic (exact) mass is 481 g/mol. The molecule has 9 heteroatoms. The van der Waals surface area contributed by atoms with Gasteiger partial charge in [0.2, 0.25) is 0 Å². The van der Waals surface area contributed by atoms with Crippen LogP contribution in [0.25, 0.3) is 11.1 Å². The van der Waals surface area contributed by atoms with Gasteiger partial charge in [0.15, 0.2) is 28.5 Å². The molecule has 0 fully saturated rings. The normalized spacial score (nSPS) is 10.8. The molecule has 0 saturated heterocycles. The highest BCUT2D eigenvalue weighted by molar-refractivity contribution is 6.34. The molecular weight excluding hydrogens is 464 g/mol. The molecule has 0 aliphatic carbocycles. The van der Waals surface area contributed by atoms with Crippen molar-refractivity contribution in [3.8, 4) is 22.6 Å². The molecule has 4 aromatic rings. The number of carbonyl (C=O) groups excluding carboxylic acids is 1. The zero-order chi connectivity index (χ0) is 24.4. The molecule has 2 aromatic heterocycles. The Morgan fingerprint density at radius 3 is 2.53 bits per heavy atom. The number of pyridine rings is 2. The van der Waals surface area contributed by atoms with Crippen molar-refractivity contribution >= 4 is 23.2 Å². The van der Waals surface area contributed by atoms with Crippen molar-refractivity contribution < 1.29 is 18.3 Å². The second kappa shape index (κ2) is 9.44. The van der Waals surface area contributed by atoms with Crippen LogP contribution in [0.3, 0.4) is 0 Å². The van der Waals surface area contributed by atoms with E-state index in [0.29, 0.717) is 11.1 Å². The first-order valence-corrected chi connectivity index (χ1v) is 10.5. The number of benzene rings is 2. The minimum Gasteiger partial charge on any atom is -0.453 e. The molecule has 6 nitrogen and oxygen atoms in total. The van der Waals surface area contributed by atoms with Crippen molar-refractivity contribution in [1.82, 2.24) is 9.55 Å². The lowest BCUT2D eigenvalue weighted by atomic mass is 9.99. The van der Waals surface area contributed by atoms with Crippen molar-refractivity contribution in [3.63, 3.8) is 0 Å². The Bertz CT molecular complexity index is 1450. The van der Waals surface area contributed by atoms with Gasteiger partial charge in [0.1, 0.15) is 16.7 Å². The number of nitrogen functional groups attached to an aromatic ring is 1. The number of rotatable bonds is 6. The summed E-state index contributed by atoms with van der Waals surface area (Å²) in [5, 5.41) is 0.0537. The van der Waals surface area contributed by atoms with Gasteiger partial charge in [-0.1, -0.05) is 29.8 Å². The fourth-order valence-electron chi connectivity index (χ4n) is 3.40. The predicted molar refractivity (Wildman–Crippen MR) is 125 cm³/mol. The molecule has 2 aromatic carbocycles. The topological polar surface area (TPSA) is 87.2 Å². The van der Waals surface area contributed by atoms with Crippen LogP contribution in [0.15, 0.2) is 71.9 Å². The average molecular weight is 482 g/mol. The molecule has 34 heavy (non-hydrogen) atoms. The van der Waals surface area contributed by atoms with Gasteiger partial charge < -0.3 is 15.0 Å². The van der Waals surface area contributed by atoms with Crippen molar-refractivity contribution in [3.05, 3.63) is 105 Å². The maximum atomic E-state index is 14.7. The van der Waals surface area contributed by atoms with Crippen molar-refractivity contribution in [2.75, 3.05) is 5.73 Å². The summed E-state index contributed by atoms with van der Waals surface area (Å²) in [5.41, 5.74) is 6.19. The van der Waals surface area contributed by atoms with Gasteiger partial charge in [0.05, 0.1) is 5.56 Å². The molecule has 0 bridgehead atoms. The zero-order valence-corrected chi connectivity index (χ0v) is 18.6. The van der Waals surface area contributed by atoms with Crippen LogP contribution in [-0.4, -0.2) is 15.3 Å². The van der Waals surface area contributed by atoms with E-state index >= 15 is 0 Å². The second-order valence-corrected chi connectivity index (χ2v) is 7.94. The highest BCUT2D eigenvalue weighted by atomic mass is 35.5. The van der Waals surface area contributed by atoms with E-state index in [0.717, 1.165) is 6.07 Å². The highest BCUT2D eigenvalue weighted by Gasteiger charge is 2.18. The van der Waals surface area contributed by atoms with Crippen LogP contribution in [0.5, 0.6) is 11.5 Å². The van der Waals surface area contributed by atoms with Crippen molar-refractivity contribution in [2.45, 2.75) is 6.42 Å². The largest absolute Gasteiger partial charge is 0.453 e. The van der Waals surface area contributed by atoms with Gasteiger partial charge in [-0.05, 0) is 35.4 Å². The number of halogens is 3. The Morgan fingerprint density at radius 1 is 1.09 bits per heavy atom. The van der Waals surface area contributed by atoms with Gasteiger partial charge in [0.25, 0.3) is 0 Å². The lowest BCUT2D eigenvalue weighted by molar-refractivity contribution is 0.0991. The van der Waals surface area contributed by atoms with Gasteiger partial charge >= 0.3 is 0 Å². The third-order valence-electron chi connectivity index (χ3n) is 5.07. The first-order valence-electron chi connectivity index (χ1n) is 10.1. The Hall–Kier alpha value is -4.04. The summed E-state index contributed by atoms with van der Waals surface area (Å²) in [6, 6.07) is 10.9. The first-order chi connectivity index (χ1) is 16.2. The number of aromatic nitrogens is 2. The highest BCUT2D eigenvalue weighted by Crippen LogP contribution is 2.33. The van der Waals surface area contributed by atoms with Gasteiger partial charge in [0, 0.05) is 43.7 Å². The van der Waals surface area contributed by atoms with Gasteiger partial charge in [-0.3, -0.25) is 9.59 Å². The standard InChI is InChI=1S/C25H18ClF2N3O3/c1-31-12-17(15-3-5-16(27)6-4-15)24(33)18(13-31)20(32)11-14-2-7-21(19(28)10-14)34-22-8-9-30-25(29)23(22)26/h2-10,12-13H,11H2,1H3,(H2,29,30). The van der Waals surface area contributed by atoms with Gasteiger partial charge in [-0.2, -0.15) is 0 Å². The molecule has 0 aliphatic rings. The number of aryl methyl sites for hydroxylation is 1. The van der Waals surface area contributed by atoms with E-state index in [1.165, 1.54) is 54.9 Å². The molecule has 0 atom stereocenters. The maximum absolute atomic E-state index is 14.7. The smallest absolute Gasteiger partial charge is 0.200 e. The number of ketones is 1. The first kappa shape index (κ1) is 23.1. The number of hydrogen-bond acceptors (Lipinski definition) is 5. The van der Waals surface area contributed by atoms with E-state index in [1.807, 2.05) is 0 Å². The maximum Gasteiger partial charge on any atom is 0.200 e. The van der Waals surface area contributed by atoms with Crippen LogP contribution in [0, 0.1) is 11.6 Å². The van der Waals surface area contributed by atoms with Crippen LogP contribution in [-0.2, 0) is 13.5 Å². The lowest BCUT2D eigenvalue weighted by Crippen LogP contribution is -2.20. The fourth-order valence-corrected chi connectivity index (χ4v) is 3.55. The molecule has 0 amide bonds. The van der Waals surface area contributed by atoms with Crippen molar-refractivity contribution in [1.29, 1.82) is 0 Å². The van der Waals surface area contributed by atoms with Crippen LogP contribution < -0.4 is 15.9 Å². The van der Waals surface area contributed by atoms with Gasteiger partial charge in [-0.25, -0.2) is 13.8 Å².